The van der Waals surface area contributed by atoms with Crippen LogP contribution in [0.15, 0.2) is 23.2 Å². The van der Waals surface area contributed by atoms with E-state index in [-0.39, 0.29) is 0 Å². The van der Waals surface area contributed by atoms with Crippen LogP contribution in [0.1, 0.15) is 24.5 Å². The third-order valence-corrected chi connectivity index (χ3v) is 3.56. The normalized spacial score (nSPS) is 11.7. The SMILES string of the molecule is CCNC(=NCCCN(C)C)NCCc1ccc(C)c(OC)c1. The largest absolute Gasteiger partial charge is 0.496 e. The number of nitrogens with one attached hydrogen (secondary N) is 2. The smallest absolute Gasteiger partial charge is 0.191 e. The van der Waals surface area contributed by atoms with Gasteiger partial charge in [0.15, 0.2) is 5.96 Å². The van der Waals surface area contributed by atoms with Crippen LogP contribution in [-0.2, 0) is 6.42 Å². The molecule has 0 aliphatic heterocycles. The van der Waals surface area contributed by atoms with Crippen molar-refractivity contribution in [2.75, 3.05) is 47.4 Å². The van der Waals surface area contributed by atoms with Crippen LogP contribution < -0.4 is 15.4 Å². The topological polar surface area (TPSA) is 48.9 Å². The number of benzene rings is 1. The highest BCUT2D eigenvalue weighted by molar-refractivity contribution is 5.79. The van der Waals surface area contributed by atoms with E-state index in [0.29, 0.717) is 0 Å². The van der Waals surface area contributed by atoms with E-state index >= 15 is 0 Å². The highest BCUT2D eigenvalue weighted by Gasteiger charge is 2.02. The van der Waals surface area contributed by atoms with Crippen molar-refractivity contribution in [3.8, 4) is 5.75 Å². The van der Waals surface area contributed by atoms with Crippen molar-refractivity contribution in [1.82, 2.24) is 15.5 Å². The van der Waals surface area contributed by atoms with E-state index in [2.05, 4.69) is 66.7 Å². The average molecular weight is 320 g/mol. The van der Waals surface area contributed by atoms with Gasteiger partial charge in [-0.15, -0.1) is 0 Å². The molecule has 0 aliphatic carbocycles. The predicted molar refractivity (Wildman–Crippen MR) is 98.6 cm³/mol. The van der Waals surface area contributed by atoms with Crippen molar-refractivity contribution in [2.45, 2.75) is 26.7 Å². The number of ether oxygens (including phenoxy) is 1. The third-order valence-electron chi connectivity index (χ3n) is 3.56. The summed E-state index contributed by atoms with van der Waals surface area (Å²) in [6, 6.07) is 6.37. The molecule has 5 nitrogen and oxygen atoms in total. The first-order valence-electron chi connectivity index (χ1n) is 8.37. The molecule has 0 saturated heterocycles. The molecular formula is C18H32N4O. The minimum atomic E-state index is 0.839. The summed E-state index contributed by atoms with van der Waals surface area (Å²) < 4.78 is 5.38. The molecule has 0 heterocycles. The minimum Gasteiger partial charge on any atom is -0.496 e. The van der Waals surface area contributed by atoms with Crippen molar-refractivity contribution in [3.63, 3.8) is 0 Å². The first kappa shape index (κ1) is 19.3. The van der Waals surface area contributed by atoms with Crippen LogP contribution in [0.2, 0.25) is 0 Å². The molecule has 0 radical (unpaired) electrons. The van der Waals surface area contributed by atoms with Crippen molar-refractivity contribution in [1.29, 1.82) is 0 Å². The van der Waals surface area contributed by atoms with Gasteiger partial charge in [-0.25, -0.2) is 0 Å². The van der Waals surface area contributed by atoms with Gasteiger partial charge >= 0.3 is 0 Å². The lowest BCUT2D eigenvalue weighted by Crippen LogP contribution is -2.38. The zero-order valence-corrected chi connectivity index (χ0v) is 15.3. The van der Waals surface area contributed by atoms with Gasteiger partial charge in [-0.05, 0) is 64.5 Å². The fourth-order valence-electron chi connectivity index (χ4n) is 2.26. The Morgan fingerprint density at radius 1 is 1.26 bits per heavy atom. The Kier molecular flexibility index (Phi) is 9.14. The number of guanidine groups is 1. The summed E-state index contributed by atoms with van der Waals surface area (Å²) in [4.78, 5) is 6.79. The molecule has 0 fully saturated rings. The van der Waals surface area contributed by atoms with Crippen molar-refractivity contribution < 1.29 is 4.74 Å². The van der Waals surface area contributed by atoms with Gasteiger partial charge in [0.1, 0.15) is 5.75 Å². The molecule has 0 aliphatic rings. The van der Waals surface area contributed by atoms with Gasteiger partial charge in [-0.1, -0.05) is 12.1 Å². The van der Waals surface area contributed by atoms with Gasteiger partial charge in [-0.3, -0.25) is 4.99 Å². The summed E-state index contributed by atoms with van der Waals surface area (Å²) in [5, 5.41) is 6.68. The molecule has 0 amide bonds. The lowest BCUT2D eigenvalue weighted by atomic mass is 10.1. The van der Waals surface area contributed by atoms with Crippen LogP contribution in [-0.4, -0.2) is 58.2 Å². The number of rotatable bonds is 9. The van der Waals surface area contributed by atoms with Crippen LogP contribution in [0.4, 0.5) is 0 Å². The van der Waals surface area contributed by atoms with E-state index in [1.165, 1.54) is 11.1 Å². The highest BCUT2D eigenvalue weighted by Crippen LogP contribution is 2.18. The van der Waals surface area contributed by atoms with Crippen LogP contribution in [0, 0.1) is 6.92 Å². The fraction of sp³-hybridized carbons (Fsp3) is 0.611. The van der Waals surface area contributed by atoms with Crippen LogP contribution >= 0.6 is 0 Å². The number of aliphatic imine (C=N–C) groups is 1. The van der Waals surface area contributed by atoms with Gasteiger partial charge in [-0.2, -0.15) is 0 Å². The number of nitrogens with zero attached hydrogens (tertiary/aromatic N) is 2. The second-order valence-electron chi connectivity index (χ2n) is 5.90. The average Bonchev–Trinajstić information content (AvgIpc) is 2.52. The maximum atomic E-state index is 5.38. The predicted octanol–water partition coefficient (Wildman–Crippen LogP) is 2.05. The van der Waals surface area contributed by atoms with Crippen molar-refractivity contribution in [3.05, 3.63) is 29.3 Å². The van der Waals surface area contributed by atoms with Gasteiger partial charge in [0.25, 0.3) is 0 Å². The molecule has 0 aromatic heterocycles. The number of hydrogen-bond donors (Lipinski definition) is 2. The Labute approximate surface area is 141 Å². The van der Waals surface area contributed by atoms with E-state index in [4.69, 9.17) is 4.74 Å². The molecule has 2 N–H and O–H groups in total. The Morgan fingerprint density at radius 3 is 2.70 bits per heavy atom. The van der Waals surface area contributed by atoms with E-state index in [1.54, 1.807) is 7.11 Å². The number of aryl methyl sites for hydroxylation is 1. The summed E-state index contributed by atoms with van der Waals surface area (Å²) in [6.45, 7) is 7.77. The minimum absolute atomic E-state index is 0.839. The Hall–Kier alpha value is -1.75. The molecule has 1 rings (SSSR count). The molecule has 0 bridgehead atoms. The van der Waals surface area contributed by atoms with E-state index in [9.17, 15) is 0 Å². The van der Waals surface area contributed by atoms with Crippen LogP contribution in [0.25, 0.3) is 0 Å². The number of methoxy groups -OCH3 is 1. The molecular weight excluding hydrogens is 288 g/mol. The Bertz CT molecular complexity index is 486. The molecule has 1 aromatic rings. The van der Waals surface area contributed by atoms with Gasteiger partial charge in [0.2, 0.25) is 0 Å². The zero-order valence-electron chi connectivity index (χ0n) is 15.3. The molecule has 130 valence electrons. The van der Waals surface area contributed by atoms with E-state index < -0.39 is 0 Å². The second kappa shape index (κ2) is 10.9. The molecule has 0 spiro atoms. The first-order valence-corrected chi connectivity index (χ1v) is 8.37. The molecule has 0 atom stereocenters. The maximum absolute atomic E-state index is 5.38. The molecule has 0 unspecified atom stereocenters. The quantitative estimate of drug-likeness (QED) is 0.415. The molecule has 23 heavy (non-hydrogen) atoms. The number of hydrogen-bond acceptors (Lipinski definition) is 3. The highest BCUT2D eigenvalue weighted by atomic mass is 16.5. The zero-order chi connectivity index (χ0) is 17.1. The summed E-state index contributed by atoms with van der Waals surface area (Å²) >= 11 is 0. The second-order valence-corrected chi connectivity index (χ2v) is 5.90. The van der Waals surface area contributed by atoms with E-state index in [1.807, 2.05) is 0 Å². The molecule has 0 saturated carbocycles. The lowest BCUT2D eigenvalue weighted by Gasteiger charge is -2.13. The van der Waals surface area contributed by atoms with Gasteiger partial charge < -0.3 is 20.3 Å². The summed E-state index contributed by atoms with van der Waals surface area (Å²) in [6.07, 6.45) is 2.01. The maximum Gasteiger partial charge on any atom is 0.191 e. The van der Waals surface area contributed by atoms with Crippen LogP contribution in [0.3, 0.4) is 0 Å². The van der Waals surface area contributed by atoms with Crippen molar-refractivity contribution in [2.24, 2.45) is 4.99 Å². The molecule has 5 heteroatoms. The van der Waals surface area contributed by atoms with Gasteiger partial charge in [0.05, 0.1) is 7.11 Å². The first-order chi connectivity index (χ1) is 11.1. The molecule has 1 aromatic carbocycles. The summed E-state index contributed by atoms with van der Waals surface area (Å²) in [5.74, 6) is 1.84. The standard InChI is InChI=1S/C18H32N4O/c1-6-19-18(20-11-7-13-22(3)4)21-12-10-16-9-8-15(2)17(14-16)23-5/h8-9,14H,6-7,10-13H2,1-5H3,(H2,19,20,21). The Balaban J connectivity index is 2.44. The fourth-order valence-corrected chi connectivity index (χ4v) is 2.26. The summed E-state index contributed by atoms with van der Waals surface area (Å²) in [5.41, 5.74) is 2.43. The lowest BCUT2D eigenvalue weighted by molar-refractivity contribution is 0.403. The van der Waals surface area contributed by atoms with E-state index in [0.717, 1.165) is 50.7 Å². The monoisotopic (exact) mass is 320 g/mol. The van der Waals surface area contributed by atoms with Crippen LogP contribution in [0.5, 0.6) is 5.75 Å². The third kappa shape index (κ3) is 7.88. The van der Waals surface area contributed by atoms with Gasteiger partial charge in [0, 0.05) is 19.6 Å². The Morgan fingerprint density at radius 2 is 2.04 bits per heavy atom. The summed E-state index contributed by atoms with van der Waals surface area (Å²) in [7, 11) is 5.89. The van der Waals surface area contributed by atoms with Crippen molar-refractivity contribution >= 4 is 5.96 Å².